The lowest BCUT2D eigenvalue weighted by atomic mass is 10.2. The molecule has 2 N–H and O–H groups in total. The normalized spacial score (nSPS) is 17.7. The lowest BCUT2D eigenvalue weighted by molar-refractivity contribution is -0.125. The van der Waals surface area contributed by atoms with Crippen LogP contribution in [-0.4, -0.2) is 24.9 Å². The Labute approximate surface area is 161 Å². The van der Waals surface area contributed by atoms with Gasteiger partial charge in [0, 0.05) is 17.3 Å². The third-order valence-corrected chi connectivity index (χ3v) is 4.65. The number of amides is 2. The summed E-state index contributed by atoms with van der Waals surface area (Å²) in [7, 11) is 1.30. The Balaban J connectivity index is 1.50. The summed E-state index contributed by atoms with van der Waals surface area (Å²) < 4.78 is 4.66. The van der Waals surface area contributed by atoms with Crippen LogP contribution in [-0.2, 0) is 20.9 Å². The van der Waals surface area contributed by atoms with Crippen LogP contribution in [0.4, 0.5) is 5.69 Å². The van der Waals surface area contributed by atoms with Gasteiger partial charge in [-0.25, -0.2) is 4.79 Å². The topological polar surface area (TPSA) is 84.5 Å². The summed E-state index contributed by atoms with van der Waals surface area (Å²) in [5.74, 6) is -1.55. The fourth-order valence-electron chi connectivity index (χ4n) is 2.77. The van der Waals surface area contributed by atoms with Crippen molar-refractivity contribution in [2.24, 2.45) is 11.8 Å². The van der Waals surface area contributed by atoms with Gasteiger partial charge in [-0.05, 0) is 42.3 Å². The van der Waals surface area contributed by atoms with Crippen molar-refractivity contribution in [3.63, 3.8) is 0 Å². The summed E-state index contributed by atoms with van der Waals surface area (Å²) >= 11 is 5.83. The lowest BCUT2D eigenvalue weighted by Gasteiger charge is -2.07. The number of hydrogen-bond donors (Lipinski definition) is 2. The Morgan fingerprint density at radius 3 is 2.48 bits per heavy atom. The first-order chi connectivity index (χ1) is 13.0. The molecule has 0 saturated heterocycles. The van der Waals surface area contributed by atoms with Gasteiger partial charge in [0.1, 0.15) is 0 Å². The lowest BCUT2D eigenvalue weighted by Crippen LogP contribution is -2.27. The molecule has 0 aromatic heterocycles. The van der Waals surface area contributed by atoms with Gasteiger partial charge in [-0.15, -0.1) is 0 Å². The van der Waals surface area contributed by atoms with E-state index in [9.17, 15) is 14.4 Å². The van der Waals surface area contributed by atoms with Gasteiger partial charge in [0.25, 0.3) is 0 Å². The number of esters is 1. The minimum absolute atomic E-state index is 0.145. The third-order valence-electron chi connectivity index (χ3n) is 4.40. The summed E-state index contributed by atoms with van der Waals surface area (Å²) in [6.07, 6.45) is 0.509. The number of carbonyl (C=O) groups excluding carboxylic acids is 3. The van der Waals surface area contributed by atoms with Gasteiger partial charge in [-0.2, -0.15) is 0 Å². The predicted octanol–water partition coefficient (Wildman–Crippen LogP) is 3.02. The number of carbonyl (C=O) groups is 3. The smallest absolute Gasteiger partial charge is 0.337 e. The number of methoxy groups -OCH3 is 1. The van der Waals surface area contributed by atoms with E-state index in [1.165, 1.54) is 7.11 Å². The van der Waals surface area contributed by atoms with E-state index in [4.69, 9.17) is 11.6 Å². The van der Waals surface area contributed by atoms with Crippen molar-refractivity contribution in [1.29, 1.82) is 0 Å². The van der Waals surface area contributed by atoms with Gasteiger partial charge in [0.05, 0.1) is 24.5 Å². The molecule has 0 heterocycles. The maximum atomic E-state index is 12.3. The van der Waals surface area contributed by atoms with Crippen LogP contribution in [0.1, 0.15) is 22.3 Å². The first kappa shape index (κ1) is 18.9. The molecule has 0 aliphatic heterocycles. The van der Waals surface area contributed by atoms with Gasteiger partial charge in [0.15, 0.2) is 0 Å². The molecule has 1 aliphatic rings. The zero-order valence-electron chi connectivity index (χ0n) is 14.7. The molecule has 0 bridgehead atoms. The first-order valence-corrected chi connectivity index (χ1v) is 8.87. The second-order valence-corrected chi connectivity index (χ2v) is 6.79. The van der Waals surface area contributed by atoms with Crippen molar-refractivity contribution in [3.05, 3.63) is 64.7 Å². The Kier molecular flexibility index (Phi) is 5.76. The summed E-state index contributed by atoms with van der Waals surface area (Å²) in [5, 5.41) is 6.22. The molecule has 0 radical (unpaired) electrons. The standard InChI is InChI=1S/C20H19ClN2O4/c1-27-20(26)13-3-2-4-15(9-13)23-19(25)17-10-16(17)18(24)22-11-12-5-7-14(21)8-6-12/h2-9,16-17H,10-11H2,1H3,(H,22,24)(H,23,25). The number of benzene rings is 2. The number of halogens is 1. The van der Waals surface area contributed by atoms with Crippen LogP contribution in [0.15, 0.2) is 48.5 Å². The molecule has 2 aromatic rings. The highest BCUT2D eigenvalue weighted by Gasteiger charge is 2.47. The molecule has 1 aliphatic carbocycles. The highest BCUT2D eigenvalue weighted by Crippen LogP contribution is 2.39. The average Bonchev–Trinajstić information content (AvgIpc) is 3.48. The fraction of sp³-hybridized carbons (Fsp3) is 0.250. The molecule has 6 nitrogen and oxygen atoms in total. The highest BCUT2D eigenvalue weighted by atomic mass is 35.5. The van der Waals surface area contributed by atoms with Crippen LogP contribution < -0.4 is 10.6 Å². The zero-order valence-corrected chi connectivity index (χ0v) is 15.5. The molecule has 2 atom stereocenters. The molecular weight excluding hydrogens is 368 g/mol. The molecule has 2 aromatic carbocycles. The van der Waals surface area contributed by atoms with E-state index in [-0.39, 0.29) is 23.7 Å². The zero-order chi connectivity index (χ0) is 19.4. The SMILES string of the molecule is COC(=O)c1cccc(NC(=O)C2CC2C(=O)NCc2ccc(Cl)cc2)c1. The van der Waals surface area contributed by atoms with Gasteiger partial charge in [-0.1, -0.05) is 29.8 Å². The number of rotatable bonds is 6. The molecule has 27 heavy (non-hydrogen) atoms. The van der Waals surface area contributed by atoms with E-state index in [2.05, 4.69) is 15.4 Å². The molecule has 2 amide bonds. The maximum absolute atomic E-state index is 12.3. The molecule has 1 saturated carbocycles. The molecule has 2 unspecified atom stereocenters. The molecule has 1 fully saturated rings. The first-order valence-electron chi connectivity index (χ1n) is 8.49. The van der Waals surface area contributed by atoms with Crippen LogP contribution in [0.2, 0.25) is 5.02 Å². The quantitative estimate of drug-likeness (QED) is 0.747. The molecule has 0 spiro atoms. The van der Waals surface area contributed by atoms with Crippen molar-refractivity contribution in [1.82, 2.24) is 5.32 Å². The molecular formula is C20H19ClN2O4. The van der Waals surface area contributed by atoms with Gasteiger partial charge < -0.3 is 15.4 Å². The Morgan fingerprint density at radius 2 is 1.78 bits per heavy atom. The number of ether oxygens (including phenoxy) is 1. The molecule has 3 rings (SSSR count). The summed E-state index contributed by atoms with van der Waals surface area (Å²) in [6, 6.07) is 13.7. The van der Waals surface area contributed by atoms with E-state index < -0.39 is 5.97 Å². The number of anilines is 1. The average molecular weight is 387 g/mol. The third kappa shape index (κ3) is 4.86. The van der Waals surface area contributed by atoms with Crippen LogP contribution in [0.25, 0.3) is 0 Å². The van der Waals surface area contributed by atoms with E-state index in [0.717, 1.165) is 5.56 Å². The fourth-order valence-corrected chi connectivity index (χ4v) is 2.90. The Morgan fingerprint density at radius 1 is 1.07 bits per heavy atom. The van der Waals surface area contributed by atoms with Crippen molar-refractivity contribution >= 4 is 35.1 Å². The van der Waals surface area contributed by atoms with Crippen molar-refractivity contribution < 1.29 is 19.1 Å². The number of hydrogen-bond acceptors (Lipinski definition) is 4. The number of nitrogens with one attached hydrogen (secondary N) is 2. The van der Waals surface area contributed by atoms with E-state index in [0.29, 0.717) is 29.2 Å². The van der Waals surface area contributed by atoms with Crippen LogP contribution in [0.3, 0.4) is 0 Å². The minimum Gasteiger partial charge on any atom is -0.465 e. The van der Waals surface area contributed by atoms with Crippen molar-refractivity contribution in [2.45, 2.75) is 13.0 Å². The van der Waals surface area contributed by atoms with Gasteiger partial charge >= 0.3 is 5.97 Å². The predicted molar refractivity (Wildman–Crippen MR) is 101 cm³/mol. The monoisotopic (exact) mass is 386 g/mol. The van der Waals surface area contributed by atoms with Crippen LogP contribution in [0, 0.1) is 11.8 Å². The van der Waals surface area contributed by atoms with Crippen molar-refractivity contribution in [2.75, 3.05) is 12.4 Å². The van der Waals surface area contributed by atoms with Crippen LogP contribution >= 0.6 is 11.6 Å². The van der Waals surface area contributed by atoms with E-state index in [1.807, 2.05) is 12.1 Å². The Bertz CT molecular complexity index is 867. The maximum Gasteiger partial charge on any atom is 0.337 e. The van der Waals surface area contributed by atoms with E-state index >= 15 is 0 Å². The minimum atomic E-state index is -0.475. The highest BCUT2D eigenvalue weighted by molar-refractivity contribution is 6.30. The van der Waals surface area contributed by atoms with Crippen molar-refractivity contribution in [3.8, 4) is 0 Å². The van der Waals surface area contributed by atoms with Gasteiger partial charge in [-0.3, -0.25) is 9.59 Å². The summed E-state index contributed by atoms with van der Waals surface area (Å²) in [5.41, 5.74) is 1.78. The van der Waals surface area contributed by atoms with E-state index in [1.54, 1.807) is 36.4 Å². The Hall–Kier alpha value is -2.86. The van der Waals surface area contributed by atoms with Crippen LogP contribution in [0.5, 0.6) is 0 Å². The second-order valence-electron chi connectivity index (χ2n) is 6.35. The summed E-state index contributed by atoms with van der Waals surface area (Å²) in [6.45, 7) is 0.391. The largest absolute Gasteiger partial charge is 0.465 e. The second kappa shape index (κ2) is 8.22. The van der Waals surface area contributed by atoms with Gasteiger partial charge in [0.2, 0.25) is 11.8 Å². The summed E-state index contributed by atoms with van der Waals surface area (Å²) in [4.78, 5) is 36.1. The molecule has 7 heteroatoms. The molecule has 140 valence electrons.